The number of benzene rings is 1. The van der Waals surface area contributed by atoms with Crippen molar-refractivity contribution in [1.82, 2.24) is 4.31 Å². The van der Waals surface area contributed by atoms with Gasteiger partial charge in [-0.1, -0.05) is 0 Å². The Labute approximate surface area is 105 Å². The van der Waals surface area contributed by atoms with E-state index < -0.39 is 14.9 Å². The van der Waals surface area contributed by atoms with Gasteiger partial charge in [-0.05, 0) is 31.9 Å². The van der Waals surface area contributed by atoms with Gasteiger partial charge in [-0.25, -0.2) is 8.42 Å². The van der Waals surface area contributed by atoms with E-state index in [1.54, 1.807) is 0 Å². The summed E-state index contributed by atoms with van der Waals surface area (Å²) in [5.74, 6) is 0. The van der Waals surface area contributed by atoms with Gasteiger partial charge in [-0.2, -0.15) is 4.31 Å². The molecule has 18 heavy (non-hydrogen) atoms. The third kappa shape index (κ3) is 2.23. The molecule has 0 aliphatic carbocycles. The molecule has 6 nitrogen and oxygen atoms in total. The molecule has 0 amide bonds. The zero-order valence-corrected chi connectivity index (χ0v) is 10.8. The molecule has 1 aliphatic heterocycles. The fourth-order valence-corrected chi connectivity index (χ4v) is 3.84. The first-order valence-electron chi connectivity index (χ1n) is 5.69. The number of non-ortho nitro benzene ring substituents is 1. The summed E-state index contributed by atoms with van der Waals surface area (Å²) in [6, 6.07) is 5.00. The number of nitro benzene ring substituents is 1. The van der Waals surface area contributed by atoms with Crippen LogP contribution in [0.15, 0.2) is 29.2 Å². The van der Waals surface area contributed by atoms with Crippen LogP contribution < -0.4 is 0 Å². The Balaban J connectivity index is 2.33. The smallest absolute Gasteiger partial charge is 0.258 e. The molecule has 98 valence electrons. The molecule has 7 heteroatoms. The normalized spacial score (nSPS) is 21.1. The van der Waals surface area contributed by atoms with E-state index >= 15 is 0 Å². The second-order valence-corrected chi connectivity index (χ2v) is 6.25. The summed E-state index contributed by atoms with van der Waals surface area (Å²) in [4.78, 5) is 10.1. The van der Waals surface area contributed by atoms with E-state index in [1.807, 2.05) is 6.92 Å². The quantitative estimate of drug-likeness (QED) is 0.619. The summed E-state index contributed by atoms with van der Waals surface area (Å²) in [6.45, 7) is 2.39. The largest absolute Gasteiger partial charge is 0.269 e. The Morgan fingerprint density at radius 2 is 1.94 bits per heavy atom. The maximum atomic E-state index is 12.3. The highest BCUT2D eigenvalue weighted by Gasteiger charge is 2.32. The van der Waals surface area contributed by atoms with Crippen molar-refractivity contribution in [3.8, 4) is 0 Å². The molecule has 0 bridgehead atoms. The highest BCUT2D eigenvalue weighted by atomic mass is 32.2. The van der Waals surface area contributed by atoms with Crippen LogP contribution >= 0.6 is 0 Å². The number of rotatable bonds is 3. The van der Waals surface area contributed by atoms with E-state index in [0.717, 1.165) is 12.8 Å². The van der Waals surface area contributed by atoms with Crippen LogP contribution in [0.3, 0.4) is 0 Å². The molecule has 0 saturated carbocycles. The fourth-order valence-electron chi connectivity index (χ4n) is 2.14. The predicted octanol–water partition coefficient (Wildman–Crippen LogP) is 1.77. The van der Waals surface area contributed by atoms with Gasteiger partial charge >= 0.3 is 0 Å². The molecular formula is C11H14N2O4S. The molecular weight excluding hydrogens is 256 g/mol. The highest BCUT2D eigenvalue weighted by Crippen LogP contribution is 2.26. The lowest BCUT2D eigenvalue weighted by atomic mass is 10.3. The number of hydrogen-bond acceptors (Lipinski definition) is 4. The van der Waals surface area contributed by atoms with Gasteiger partial charge in [0.1, 0.15) is 0 Å². The van der Waals surface area contributed by atoms with Crippen LogP contribution in [0.2, 0.25) is 0 Å². The molecule has 1 atom stereocenters. The van der Waals surface area contributed by atoms with E-state index in [1.165, 1.54) is 28.6 Å². The first kappa shape index (κ1) is 13.0. The van der Waals surface area contributed by atoms with E-state index in [2.05, 4.69) is 0 Å². The summed E-state index contributed by atoms with van der Waals surface area (Å²) in [7, 11) is -3.52. The first-order chi connectivity index (χ1) is 8.43. The second kappa shape index (κ2) is 4.66. The maximum Gasteiger partial charge on any atom is 0.269 e. The minimum atomic E-state index is -3.52. The lowest BCUT2D eigenvalue weighted by molar-refractivity contribution is -0.384. The molecule has 0 aromatic heterocycles. The third-order valence-corrected chi connectivity index (χ3v) is 5.17. The molecule has 1 saturated heterocycles. The van der Waals surface area contributed by atoms with E-state index in [0.29, 0.717) is 6.54 Å². The third-order valence-electron chi connectivity index (χ3n) is 3.15. The number of hydrogen-bond donors (Lipinski definition) is 0. The SMILES string of the molecule is CC1CCCN1S(=O)(=O)c1ccc([N+](=O)[O-])cc1. The summed E-state index contributed by atoms with van der Waals surface area (Å²) >= 11 is 0. The highest BCUT2D eigenvalue weighted by molar-refractivity contribution is 7.89. The summed E-state index contributed by atoms with van der Waals surface area (Å²) < 4.78 is 26.0. The molecule has 0 N–H and O–H groups in total. The van der Waals surface area contributed by atoms with Crippen LogP contribution in [0.4, 0.5) is 5.69 Å². The molecule has 1 aliphatic rings. The Hall–Kier alpha value is -1.47. The summed E-state index contributed by atoms with van der Waals surface area (Å²) in [5.41, 5.74) is -0.108. The number of nitrogens with zero attached hydrogens (tertiary/aromatic N) is 2. The van der Waals surface area contributed by atoms with Crippen molar-refractivity contribution in [3.63, 3.8) is 0 Å². The molecule has 1 fully saturated rings. The summed E-state index contributed by atoms with van der Waals surface area (Å²) in [6.07, 6.45) is 1.71. The first-order valence-corrected chi connectivity index (χ1v) is 7.13. The number of nitro groups is 1. The van der Waals surface area contributed by atoms with Gasteiger partial charge in [-0.3, -0.25) is 10.1 Å². The maximum absolute atomic E-state index is 12.3. The zero-order valence-electron chi connectivity index (χ0n) is 9.94. The van der Waals surface area contributed by atoms with Crippen LogP contribution in [-0.4, -0.2) is 30.2 Å². The van der Waals surface area contributed by atoms with Crippen LogP contribution in [0.25, 0.3) is 0 Å². The Morgan fingerprint density at radius 3 is 2.39 bits per heavy atom. The van der Waals surface area contributed by atoms with Gasteiger partial charge in [0.2, 0.25) is 10.0 Å². The van der Waals surface area contributed by atoms with Gasteiger partial charge in [-0.15, -0.1) is 0 Å². The molecule has 1 unspecified atom stereocenters. The van der Waals surface area contributed by atoms with Gasteiger partial charge < -0.3 is 0 Å². The van der Waals surface area contributed by atoms with E-state index in [-0.39, 0.29) is 16.6 Å². The van der Waals surface area contributed by atoms with Crippen molar-refractivity contribution in [2.75, 3.05) is 6.54 Å². The Morgan fingerprint density at radius 1 is 1.33 bits per heavy atom. The van der Waals surface area contributed by atoms with Crippen LogP contribution in [0.1, 0.15) is 19.8 Å². The average molecular weight is 270 g/mol. The minimum Gasteiger partial charge on any atom is -0.258 e. The van der Waals surface area contributed by atoms with Crippen molar-refractivity contribution >= 4 is 15.7 Å². The van der Waals surface area contributed by atoms with Crippen molar-refractivity contribution < 1.29 is 13.3 Å². The van der Waals surface area contributed by atoms with Crippen molar-refractivity contribution in [3.05, 3.63) is 34.4 Å². The van der Waals surface area contributed by atoms with Crippen LogP contribution in [-0.2, 0) is 10.0 Å². The standard InChI is InChI=1S/C11H14N2O4S/c1-9-3-2-8-12(9)18(16,17)11-6-4-10(5-7-11)13(14)15/h4-7,9H,2-3,8H2,1H3. The van der Waals surface area contributed by atoms with Crippen molar-refractivity contribution in [2.24, 2.45) is 0 Å². The average Bonchev–Trinajstić information content (AvgIpc) is 2.76. The van der Waals surface area contributed by atoms with Crippen molar-refractivity contribution in [2.45, 2.75) is 30.7 Å². The van der Waals surface area contributed by atoms with Crippen LogP contribution in [0.5, 0.6) is 0 Å². The Kier molecular flexibility index (Phi) is 3.36. The monoisotopic (exact) mass is 270 g/mol. The predicted molar refractivity (Wildman–Crippen MR) is 65.7 cm³/mol. The lowest BCUT2D eigenvalue weighted by Crippen LogP contribution is -2.33. The topological polar surface area (TPSA) is 80.5 Å². The molecule has 0 radical (unpaired) electrons. The van der Waals surface area contributed by atoms with Crippen LogP contribution in [0, 0.1) is 10.1 Å². The molecule has 1 heterocycles. The van der Waals surface area contributed by atoms with E-state index in [4.69, 9.17) is 0 Å². The lowest BCUT2D eigenvalue weighted by Gasteiger charge is -2.20. The van der Waals surface area contributed by atoms with Gasteiger partial charge in [0.15, 0.2) is 0 Å². The molecule has 0 spiro atoms. The van der Waals surface area contributed by atoms with Crippen molar-refractivity contribution in [1.29, 1.82) is 0 Å². The molecule has 1 aromatic carbocycles. The fraction of sp³-hybridized carbons (Fsp3) is 0.455. The molecule has 2 rings (SSSR count). The van der Waals surface area contributed by atoms with Gasteiger partial charge in [0, 0.05) is 24.7 Å². The molecule has 1 aromatic rings. The van der Waals surface area contributed by atoms with Gasteiger partial charge in [0.05, 0.1) is 9.82 Å². The second-order valence-electron chi connectivity index (χ2n) is 4.36. The Bertz CT molecular complexity index is 553. The summed E-state index contributed by atoms with van der Waals surface area (Å²) in [5, 5.41) is 10.5. The minimum absolute atomic E-state index is 0.00908. The van der Waals surface area contributed by atoms with Gasteiger partial charge in [0.25, 0.3) is 5.69 Å². The zero-order chi connectivity index (χ0) is 13.3. The van der Waals surface area contributed by atoms with E-state index in [9.17, 15) is 18.5 Å². The number of sulfonamides is 1.